The molecule has 0 radical (unpaired) electrons. The van der Waals surface area contributed by atoms with Crippen molar-refractivity contribution in [1.29, 1.82) is 0 Å². The minimum atomic E-state index is -0.326. The van der Waals surface area contributed by atoms with Crippen LogP contribution in [0.15, 0.2) is 24.4 Å². The van der Waals surface area contributed by atoms with E-state index in [1.54, 1.807) is 6.07 Å². The van der Waals surface area contributed by atoms with Crippen LogP contribution in [-0.2, 0) is 13.5 Å². The molecule has 0 amide bonds. The summed E-state index contributed by atoms with van der Waals surface area (Å²) >= 11 is 0. The lowest BCUT2D eigenvalue weighted by Crippen LogP contribution is -2.23. The average Bonchev–Trinajstić information content (AvgIpc) is 2.77. The fourth-order valence-electron chi connectivity index (χ4n) is 2.57. The standard InChI is InChI=1S/C16H22FN3O/c1-5-18-15(13-10-20(3)19-11(13)2)9-12-6-7-16(21-4)14(17)8-12/h6-8,10,15,18H,5,9H2,1-4H3. The third kappa shape index (κ3) is 3.61. The van der Waals surface area contributed by atoms with Gasteiger partial charge in [0.05, 0.1) is 12.8 Å². The van der Waals surface area contributed by atoms with Gasteiger partial charge in [0.1, 0.15) is 0 Å². The summed E-state index contributed by atoms with van der Waals surface area (Å²) in [6.07, 6.45) is 2.73. The van der Waals surface area contributed by atoms with Crippen LogP contribution in [-0.4, -0.2) is 23.4 Å². The summed E-state index contributed by atoms with van der Waals surface area (Å²) in [5.74, 6) is -0.0514. The van der Waals surface area contributed by atoms with Crippen LogP contribution in [0.4, 0.5) is 4.39 Å². The van der Waals surface area contributed by atoms with Crippen molar-refractivity contribution in [3.8, 4) is 5.75 Å². The molecule has 1 N–H and O–H groups in total. The molecule has 0 aliphatic carbocycles. The number of aromatic nitrogens is 2. The molecule has 0 aliphatic heterocycles. The number of benzene rings is 1. The lowest BCUT2D eigenvalue weighted by atomic mass is 9.99. The first-order chi connectivity index (χ1) is 10.0. The molecule has 1 atom stereocenters. The maximum absolute atomic E-state index is 13.8. The van der Waals surface area contributed by atoms with E-state index in [4.69, 9.17) is 4.74 Å². The summed E-state index contributed by atoms with van der Waals surface area (Å²) in [5.41, 5.74) is 3.08. The highest BCUT2D eigenvalue weighted by Crippen LogP contribution is 2.24. The zero-order chi connectivity index (χ0) is 15.4. The molecule has 4 nitrogen and oxygen atoms in total. The molecular weight excluding hydrogens is 269 g/mol. The molecular formula is C16H22FN3O. The van der Waals surface area contributed by atoms with Crippen molar-refractivity contribution in [2.45, 2.75) is 26.3 Å². The number of ether oxygens (including phenoxy) is 1. The number of hydrogen-bond acceptors (Lipinski definition) is 3. The van der Waals surface area contributed by atoms with Crippen molar-refractivity contribution in [3.63, 3.8) is 0 Å². The van der Waals surface area contributed by atoms with E-state index >= 15 is 0 Å². The number of aryl methyl sites for hydroxylation is 2. The second-order valence-electron chi connectivity index (χ2n) is 5.13. The first-order valence-corrected chi connectivity index (χ1v) is 7.11. The lowest BCUT2D eigenvalue weighted by molar-refractivity contribution is 0.386. The molecule has 0 aliphatic rings. The molecule has 1 aromatic heterocycles. The van der Waals surface area contributed by atoms with Gasteiger partial charge in [0, 0.05) is 24.8 Å². The van der Waals surface area contributed by atoms with E-state index < -0.39 is 0 Å². The molecule has 2 rings (SSSR count). The Labute approximate surface area is 124 Å². The number of nitrogens with zero attached hydrogens (tertiary/aromatic N) is 2. The van der Waals surface area contributed by atoms with Gasteiger partial charge in [-0.05, 0) is 37.6 Å². The Morgan fingerprint density at radius 3 is 2.71 bits per heavy atom. The molecule has 1 heterocycles. The fourth-order valence-corrected chi connectivity index (χ4v) is 2.57. The number of methoxy groups -OCH3 is 1. The van der Waals surface area contributed by atoms with Crippen LogP contribution in [0.25, 0.3) is 0 Å². The summed E-state index contributed by atoms with van der Waals surface area (Å²) in [4.78, 5) is 0. The van der Waals surface area contributed by atoms with Crippen molar-refractivity contribution in [3.05, 3.63) is 47.0 Å². The molecule has 0 bridgehead atoms. The van der Waals surface area contributed by atoms with Crippen LogP contribution >= 0.6 is 0 Å². The van der Waals surface area contributed by atoms with Crippen LogP contribution < -0.4 is 10.1 Å². The monoisotopic (exact) mass is 291 g/mol. The predicted molar refractivity (Wildman–Crippen MR) is 81.0 cm³/mol. The average molecular weight is 291 g/mol. The highest BCUT2D eigenvalue weighted by atomic mass is 19.1. The molecule has 1 aromatic carbocycles. The Kier molecular flexibility index (Phi) is 4.96. The molecule has 0 fully saturated rings. The van der Waals surface area contributed by atoms with Gasteiger partial charge in [-0.25, -0.2) is 4.39 Å². The number of likely N-dealkylation sites (N-methyl/N-ethyl adjacent to an activating group) is 1. The quantitative estimate of drug-likeness (QED) is 0.889. The highest BCUT2D eigenvalue weighted by Gasteiger charge is 2.17. The van der Waals surface area contributed by atoms with Gasteiger partial charge >= 0.3 is 0 Å². The molecule has 0 saturated heterocycles. The molecule has 21 heavy (non-hydrogen) atoms. The Balaban J connectivity index is 2.24. The lowest BCUT2D eigenvalue weighted by Gasteiger charge is -2.18. The van der Waals surface area contributed by atoms with E-state index in [2.05, 4.69) is 17.3 Å². The van der Waals surface area contributed by atoms with Crippen molar-refractivity contribution < 1.29 is 9.13 Å². The highest BCUT2D eigenvalue weighted by molar-refractivity contribution is 5.31. The van der Waals surface area contributed by atoms with Gasteiger partial charge in [-0.15, -0.1) is 0 Å². The number of nitrogens with one attached hydrogen (secondary N) is 1. The van der Waals surface area contributed by atoms with Gasteiger partial charge in [-0.2, -0.15) is 5.10 Å². The van der Waals surface area contributed by atoms with Crippen molar-refractivity contribution in [1.82, 2.24) is 15.1 Å². The SMILES string of the molecule is CCNC(Cc1ccc(OC)c(F)c1)c1cn(C)nc1C. The summed E-state index contributed by atoms with van der Waals surface area (Å²) < 4.78 is 20.6. The van der Waals surface area contributed by atoms with Crippen LogP contribution in [0.3, 0.4) is 0 Å². The van der Waals surface area contributed by atoms with Crippen LogP contribution in [0.2, 0.25) is 0 Å². The maximum atomic E-state index is 13.8. The first kappa shape index (κ1) is 15.5. The van der Waals surface area contributed by atoms with E-state index in [0.717, 1.165) is 23.4 Å². The summed E-state index contributed by atoms with van der Waals surface area (Å²) in [6.45, 7) is 4.90. The summed E-state index contributed by atoms with van der Waals surface area (Å²) in [5, 5.41) is 7.83. The molecule has 1 unspecified atom stereocenters. The number of hydrogen-bond donors (Lipinski definition) is 1. The van der Waals surface area contributed by atoms with E-state index in [1.165, 1.54) is 13.2 Å². The molecule has 0 saturated carbocycles. The van der Waals surface area contributed by atoms with Gasteiger partial charge in [0.2, 0.25) is 0 Å². The zero-order valence-corrected chi connectivity index (χ0v) is 13.0. The van der Waals surface area contributed by atoms with Gasteiger partial charge in [-0.1, -0.05) is 13.0 Å². The van der Waals surface area contributed by atoms with Crippen LogP contribution in [0.1, 0.15) is 29.8 Å². The second kappa shape index (κ2) is 6.72. The van der Waals surface area contributed by atoms with Crippen molar-refractivity contribution in [2.24, 2.45) is 7.05 Å². The largest absolute Gasteiger partial charge is 0.494 e. The van der Waals surface area contributed by atoms with Gasteiger partial charge in [0.25, 0.3) is 0 Å². The summed E-state index contributed by atoms with van der Waals surface area (Å²) in [7, 11) is 3.38. The predicted octanol–water partition coefficient (Wildman–Crippen LogP) is 2.77. The normalized spacial score (nSPS) is 12.4. The van der Waals surface area contributed by atoms with E-state index in [1.807, 2.05) is 30.9 Å². The van der Waals surface area contributed by atoms with Crippen molar-refractivity contribution in [2.75, 3.05) is 13.7 Å². The maximum Gasteiger partial charge on any atom is 0.165 e. The first-order valence-electron chi connectivity index (χ1n) is 7.11. The molecule has 2 aromatic rings. The van der Waals surface area contributed by atoms with E-state index in [-0.39, 0.29) is 17.6 Å². The minimum Gasteiger partial charge on any atom is -0.494 e. The second-order valence-corrected chi connectivity index (χ2v) is 5.13. The Bertz CT molecular complexity index is 610. The number of rotatable bonds is 6. The third-order valence-corrected chi connectivity index (χ3v) is 3.53. The smallest absolute Gasteiger partial charge is 0.165 e. The van der Waals surface area contributed by atoms with E-state index in [9.17, 15) is 4.39 Å². The van der Waals surface area contributed by atoms with Gasteiger partial charge in [-0.3, -0.25) is 4.68 Å². The Morgan fingerprint density at radius 1 is 1.43 bits per heavy atom. The van der Waals surface area contributed by atoms with E-state index in [0.29, 0.717) is 6.42 Å². The molecule has 114 valence electrons. The Hall–Kier alpha value is -1.88. The van der Waals surface area contributed by atoms with Crippen LogP contribution in [0, 0.1) is 12.7 Å². The zero-order valence-electron chi connectivity index (χ0n) is 13.0. The fraction of sp³-hybridized carbons (Fsp3) is 0.438. The number of halogens is 1. The minimum absolute atomic E-state index is 0.122. The van der Waals surface area contributed by atoms with Crippen molar-refractivity contribution >= 4 is 0 Å². The van der Waals surface area contributed by atoms with Gasteiger partial charge in [0.15, 0.2) is 11.6 Å². The van der Waals surface area contributed by atoms with Gasteiger partial charge < -0.3 is 10.1 Å². The Morgan fingerprint density at radius 2 is 2.19 bits per heavy atom. The topological polar surface area (TPSA) is 39.1 Å². The van der Waals surface area contributed by atoms with Crippen LogP contribution in [0.5, 0.6) is 5.75 Å². The summed E-state index contributed by atoms with van der Waals surface area (Å²) in [6, 6.07) is 5.23. The third-order valence-electron chi connectivity index (χ3n) is 3.53. The molecule has 5 heteroatoms. The molecule has 0 spiro atoms.